The van der Waals surface area contributed by atoms with Crippen LogP contribution in [0.1, 0.15) is 45.4 Å². The van der Waals surface area contributed by atoms with Crippen LogP contribution in [0.25, 0.3) is 0 Å². The summed E-state index contributed by atoms with van der Waals surface area (Å²) in [6.45, 7) is 2.20. The predicted octanol–water partition coefficient (Wildman–Crippen LogP) is 2.89. The van der Waals surface area contributed by atoms with E-state index in [1.807, 2.05) is 0 Å². The quantitative estimate of drug-likeness (QED) is 0.640. The van der Waals surface area contributed by atoms with Crippen LogP contribution < -0.4 is 0 Å². The molecule has 0 aromatic rings. The second-order valence-electron chi connectivity index (χ2n) is 3.83. The van der Waals surface area contributed by atoms with Gasteiger partial charge in [-0.1, -0.05) is 25.5 Å². The fourth-order valence-electron chi connectivity index (χ4n) is 1.84. The highest BCUT2D eigenvalue weighted by molar-refractivity contribution is 4.86. The largest absolute Gasteiger partial charge is 0.393 e. The molecule has 0 aromatic heterocycles. The predicted molar refractivity (Wildman–Crippen MR) is 52.0 cm³/mol. The first-order chi connectivity index (χ1) is 5.83. The normalized spacial score (nSPS) is 30.2. The van der Waals surface area contributed by atoms with Crippen molar-refractivity contribution in [1.29, 1.82) is 0 Å². The van der Waals surface area contributed by atoms with Gasteiger partial charge < -0.3 is 5.11 Å². The summed E-state index contributed by atoms with van der Waals surface area (Å²) in [5, 5.41) is 9.28. The van der Waals surface area contributed by atoms with Gasteiger partial charge in [-0.3, -0.25) is 0 Å². The van der Waals surface area contributed by atoms with Gasteiger partial charge in [0.25, 0.3) is 0 Å². The second kappa shape index (κ2) is 5.36. The van der Waals surface area contributed by atoms with E-state index in [1.54, 1.807) is 0 Å². The van der Waals surface area contributed by atoms with Crippen molar-refractivity contribution < 1.29 is 5.11 Å². The first-order valence-corrected chi connectivity index (χ1v) is 5.16. The number of rotatable bonds is 4. The van der Waals surface area contributed by atoms with E-state index >= 15 is 0 Å². The molecule has 2 atom stereocenters. The molecule has 1 N–H and O–H groups in total. The van der Waals surface area contributed by atoms with E-state index in [-0.39, 0.29) is 6.10 Å². The number of hydrogen-bond donors (Lipinski definition) is 1. The van der Waals surface area contributed by atoms with Crippen molar-refractivity contribution in [3.05, 3.63) is 12.2 Å². The molecule has 0 radical (unpaired) electrons. The van der Waals surface area contributed by atoms with Crippen molar-refractivity contribution in [1.82, 2.24) is 0 Å². The average molecular weight is 168 g/mol. The zero-order chi connectivity index (χ0) is 8.81. The van der Waals surface area contributed by atoms with E-state index in [9.17, 15) is 5.11 Å². The van der Waals surface area contributed by atoms with Crippen LogP contribution >= 0.6 is 0 Å². The lowest BCUT2D eigenvalue weighted by Gasteiger charge is -2.03. The van der Waals surface area contributed by atoms with Gasteiger partial charge in [-0.05, 0) is 38.0 Å². The Morgan fingerprint density at radius 1 is 1.33 bits per heavy atom. The Bertz CT molecular complexity index is 140. The number of aliphatic hydroxyl groups excluding tert-OH is 1. The lowest BCUT2D eigenvalue weighted by molar-refractivity contribution is 0.178. The first kappa shape index (κ1) is 9.79. The van der Waals surface area contributed by atoms with Gasteiger partial charge in [-0.2, -0.15) is 0 Å². The van der Waals surface area contributed by atoms with Crippen LogP contribution in [-0.2, 0) is 0 Å². The molecule has 1 rings (SSSR count). The fourth-order valence-corrected chi connectivity index (χ4v) is 1.84. The summed E-state index contributed by atoms with van der Waals surface area (Å²) < 4.78 is 0. The maximum absolute atomic E-state index is 9.28. The van der Waals surface area contributed by atoms with Crippen LogP contribution in [0.15, 0.2) is 12.2 Å². The van der Waals surface area contributed by atoms with Gasteiger partial charge >= 0.3 is 0 Å². The van der Waals surface area contributed by atoms with Crippen molar-refractivity contribution in [2.45, 2.75) is 51.6 Å². The summed E-state index contributed by atoms with van der Waals surface area (Å²) in [7, 11) is 0. The first-order valence-electron chi connectivity index (χ1n) is 5.16. The monoisotopic (exact) mass is 168 g/mol. The van der Waals surface area contributed by atoms with Crippen molar-refractivity contribution in [3.8, 4) is 0 Å². The summed E-state index contributed by atoms with van der Waals surface area (Å²) in [4.78, 5) is 0. The lowest BCUT2D eigenvalue weighted by atomic mass is 10.0. The highest BCUT2D eigenvalue weighted by Gasteiger charge is 2.20. The molecule has 1 nitrogen and oxygen atoms in total. The molecule has 1 heteroatoms. The number of hydrogen-bond acceptors (Lipinski definition) is 1. The minimum absolute atomic E-state index is 0.00502. The zero-order valence-corrected chi connectivity index (χ0v) is 8.00. The van der Waals surface area contributed by atoms with Crippen molar-refractivity contribution in [3.63, 3.8) is 0 Å². The topological polar surface area (TPSA) is 20.2 Å². The third-order valence-electron chi connectivity index (χ3n) is 2.60. The van der Waals surface area contributed by atoms with Crippen molar-refractivity contribution in [2.24, 2.45) is 5.92 Å². The minimum Gasteiger partial charge on any atom is -0.393 e. The Morgan fingerprint density at radius 3 is 2.75 bits per heavy atom. The molecule has 1 aliphatic rings. The minimum atomic E-state index is -0.00502. The van der Waals surface area contributed by atoms with Crippen LogP contribution in [0.3, 0.4) is 0 Å². The number of aliphatic hydroxyl groups is 1. The van der Waals surface area contributed by atoms with E-state index in [0.29, 0.717) is 0 Å². The van der Waals surface area contributed by atoms with Crippen LogP contribution in [0.2, 0.25) is 0 Å². The maximum Gasteiger partial charge on any atom is 0.0543 e. The number of unbranched alkanes of at least 4 members (excludes halogenated alkanes) is 1. The Balaban J connectivity index is 2.07. The average Bonchev–Trinajstić information content (AvgIpc) is 2.45. The molecular formula is C11H20O. The molecule has 1 aliphatic carbocycles. The SMILES string of the molecule is CCCC=CCC1CCC(O)C1. The van der Waals surface area contributed by atoms with E-state index in [4.69, 9.17) is 0 Å². The molecule has 70 valence electrons. The summed E-state index contributed by atoms with van der Waals surface area (Å²) >= 11 is 0. The van der Waals surface area contributed by atoms with E-state index in [0.717, 1.165) is 18.8 Å². The highest BCUT2D eigenvalue weighted by atomic mass is 16.3. The third kappa shape index (κ3) is 3.40. The third-order valence-corrected chi connectivity index (χ3v) is 2.60. The Hall–Kier alpha value is -0.300. The van der Waals surface area contributed by atoms with Crippen LogP contribution in [0, 0.1) is 5.92 Å². The summed E-state index contributed by atoms with van der Waals surface area (Å²) in [6, 6.07) is 0. The van der Waals surface area contributed by atoms with Crippen LogP contribution in [-0.4, -0.2) is 11.2 Å². The van der Waals surface area contributed by atoms with Gasteiger partial charge in [0.2, 0.25) is 0 Å². The molecule has 1 saturated carbocycles. The van der Waals surface area contributed by atoms with Gasteiger partial charge in [0, 0.05) is 0 Å². The molecule has 0 aromatic carbocycles. The molecule has 0 spiro atoms. The van der Waals surface area contributed by atoms with E-state index in [2.05, 4.69) is 19.1 Å². The highest BCUT2D eigenvalue weighted by Crippen LogP contribution is 2.28. The standard InChI is InChI=1S/C11H20O/c1-2-3-4-5-6-10-7-8-11(12)9-10/h4-5,10-12H,2-3,6-9H2,1H3. The fraction of sp³-hybridized carbons (Fsp3) is 0.818. The van der Waals surface area contributed by atoms with Crippen LogP contribution in [0.4, 0.5) is 0 Å². The lowest BCUT2D eigenvalue weighted by Crippen LogP contribution is -1.99. The molecule has 1 fully saturated rings. The molecule has 12 heavy (non-hydrogen) atoms. The second-order valence-corrected chi connectivity index (χ2v) is 3.83. The van der Waals surface area contributed by atoms with E-state index in [1.165, 1.54) is 25.7 Å². The molecule has 0 bridgehead atoms. The van der Waals surface area contributed by atoms with E-state index < -0.39 is 0 Å². The number of allylic oxidation sites excluding steroid dienone is 2. The van der Waals surface area contributed by atoms with Gasteiger partial charge in [0.1, 0.15) is 0 Å². The van der Waals surface area contributed by atoms with Gasteiger partial charge in [-0.15, -0.1) is 0 Å². The summed E-state index contributed by atoms with van der Waals surface area (Å²) in [5.74, 6) is 0.758. The van der Waals surface area contributed by atoms with Crippen LogP contribution in [0.5, 0.6) is 0 Å². The molecule has 0 amide bonds. The Kier molecular flexibility index (Phi) is 4.37. The van der Waals surface area contributed by atoms with Gasteiger partial charge in [-0.25, -0.2) is 0 Å². The van der Waals surface area contributed by atoms with Gasteiger partial charge in [0.05, 0.1) is 6.10 Å². The van der Waals surface area contributed by atoms with Gasteiger partial charge in [0.15, 0.2) is 0 Å². The molecule has 0 aliphatic heterocycles. The summed E-state index contributed by atoms with van der Waals surface area (Å²) in [6.07, 6.45) is 11.4. The molecule has 2 unspecified atom stereocenters. The summed E-state index contributed by atoms with van der Waals surface area (Å²) in [5.41, 5.74) is 0. The molecular weight excluding hydrogens is 148 g/mol. The van der Waals surface area contributed by atoms with Crippen molar-refractivity contribution in [2.75, 3.05) is 0 Å². The molecule has 0 heterocycles. The van der Waals surface area contributed by atoms with Crippen molar-refractivity contribution >= 4 is 0 Å². The Labute approximate surface area is 75.5 Å². The Morgan fingerprint density at radius 2 is 2.17 bits per heavy atom. The smallest absolute Gasteiger partial charge is 0.0543 e. The maximum atomic E-state index is 9.28. The molecule has 0 saturated heterocycles. The zero-order valence-electron chi connectivity index (χ0n) is 8.00.